The van der Waals surface area contributed by atoms with Crippen molar-refractivity contribution in [3.8, 4) is 0 Å². The molecule has 20 heavy (non-hydrogen) atoms. The van der Waals surface area contributed by atoms with Gasteiger partial charge in [0.15, 0.2) is 0 Å². The molecule has 1 saturated heterocycles. The van der Waals surface area contributed by atoms with E-state index >= 15 is 0 Å². The minimum Gasteiger partial charge on any atom is -0.394 e. The zero-order chi connectivity index (χ0) is 14.9. The number of ether oxygens (including phenoxy) is 1. The fourth-order valence-electron chi connectivity index (χ4n) is 2.38. The lowest BCUT2D eigenvalue weighted by molar-refractivity contribution is -0.139. The van der Waals surface area contributed by atoms with E-state index in [4.69, 9.17) is 4.74 Å². The second kappa shape index (κ2) is 6.29. The van der Waals surface area contributed by atoms with Crippen LogP contribution in [0.2, 0.25) is 0 Å². The van der Waals surface area contributed by atoms with Gasteiger partial charge in [-0.05, 0) is 54.6 Å². The number of halogens is 2. The summed E-state index contributed by atoms with van der Waals surface area (Å²) in [6.07, 6.45) is -0.326. The Kier molecular flexibility index (Phi) is 5.09. The first-order valence-corrected chi connectivity index (χ1v) is 8.22. The van der Waals surface area contributed by atoms with E-state index < -0.39 is 5.60 Å². The van der Waals surface area contributed by atoms with Gasteiger partial charge in [0, 0.05) is 21.1 Å². The predicted octanol–water partition coefficient (Wildman–Crippen LogP) is 2.67. The lowest BCUT2D eigenvalue weighted by atomic mass is 10.0. The highest BCUT2D eigenvalue weighted by molar-refractivity contribution is 14.1. The van der Waals surface area contributed by atoms with Gasteiger partial charge in [0.05, 0.1) is 23.9 Å². The Hall–Kier alpha value is -0.180. The van der Waals surface area contributed by atoms with Gasteiger partial charge >= 0.3 is 0 Å². The quantitative estimate of drug-likeness (QED) is 0.700. The largest absolute Gasteiger partial charge is 0.394 e. The predicted molar refractivity (Wildman–Crippen MR) is 88.8 cm³/mol. The monoisotopic (exact) mass is 453 g/mol. The van der Waals surface area contributed by atoms with Crippen molar-refractivity contribution >= 4 is 44.4 Å². The molecule has 0 radical (unpaired) electrons. The van der Waals surface area contributed by atoms with E-state index in [1.165, 1.54) is 0 Å². The van der Waals surface area contributed by atoms with Crippen LogP contribution in [0.5, 0.6) is 0 Å². The normalized spacial score (nSPS) is 21.9. The molecule has 0 saturated carbocycles. The van der Waals surface area contributed by atoms with Crippen LogP contribution in [-0.2, 0) is 4.74 Å². The molecule has 110 valence electrons. The van der Waals surface area contributed by atoms with Crippen LogP contribution in [0.25, 0.3) is 0 Å². The Bertz CT molecular complexity index is 521. The lowest BCUT2D eigenvalue weighted by Gasteiger charge is -2.42. The van der Waals surface area contributed by atoms with Crippen LogP contribution in [0, 0.1) is 3.57 Å². The smallest absolute Gasteiger partial charge is 0.255 e. The topological polar surface area (TPSA) is 49.8 Å². The van der Waals surface area contributed by atoms with Gasteiger partial charge in [-0.25, -0.2) is 0 Å². The second-order valence-electron chi connectivity index (χ2n) is 5.49. The summed E-state index contributed by atoms with van der Waals surface area (Å²) in [4.78, 5) is 14.4. The third kappa shape index (κ3) is 3.72. The van der Waals surface area contributed by atoms with Crippen molar-refractivity contribution in [2.75, 3.05) is 19.7 Å². The average Bonchev–Trinajstić information content (AvgIpc) is 2.38. The number of benzene rings is 1. The number of amides is 1. The minimum absolute atomic E-state index is 0.0227. The molecule has 1 aromatic rings. The number of morpholine rings is 1. The number of carbonyl (C=O) groups is 1. The summed E-state index contributed by atoms with van der Waals surface area (Å²) in [5.41, 5.74) is 0.230. The van der Waals surface area contributed by atoms with E-state index in [1.807, 2.05) is 32.0 Å². The molecular weight excluding hydrogens is 437 g/mol. The summed E-state index contributed by atoms with van der Waals surface area (Å²) < 4.78 is 7.54. The van der Waals surface area contributed by atoms with Crippen LogP contribution in [0.4, 0.5) is 0 Å². The molecule has 6 heteroatoms. The summed E-state index contributed by atoms with van der Waals surface area (Å²) >= 11 is 5.56. The van der Waals surface area contributed by atoms with Crippen LogP contribution in [-0.4, -0.2) is 47.3 Å². The fourth-order valence-corrected chi connectivity index (χ4v) is 3.30. The maximum atomic E-state index is 12.7. The number of carbonyl (C=O) groups excluding carboxylic acids is 1. The van der Waals surface area contributed by atoms with Gasteiger partial charge in [0.2, 0.25) is 0 Å². The summed E-state index contributed by atoms with van der Waals surface area (Å²) in [5.74, 6) is -0.0227. The van der Waals surface area contributed by atoms with E-state index in [2.05, 4.69) is 38.5 Å². The van der Waals surface area contributed by atoms with Gasteiger partial charge in [-0.1, -0.05) is 15.9 Å². The van der Waals surface area contributed by atoms with Gasteiger partial charge in [-0.3, -0.25) is 4.79 Å². The molecule has 1 aromatic carbocycles. The molecule has 1 unspecified atom stereocenters. The molecule has 4 nitrogen and oxygen atoms in total. The van der Waals surface area contributed by atoms with Crippen LogP contribution in [0.15, 0.2) is 22.7 Å². The molecule has 1 atom stereocenters. The molecule has 0 aliphatic carbocycles. The van der Waals surface area contributed by atoms with E-state index in [9.17, 15) is 9.90 Å². The van der Waals surface area contributed by atoms with E-state index in [-0.39, 0.29) is 18.6 Å². The summed E-state index contributed by atoms with van der Waals surface area (Å²) in [6.45, 7) is 4.72. The summed E-state index contributed by atoms with van der Waals surface area (Å²) in [5, 5.41) is 9.32. The highest BCUT2D eigenvalue weighted by Gasteiger charge is 2.36. The molecule has 0 aromatic heterocycles. The molecule has 1 aliphatic heterocycles. The molecule has 1 aliphatic rings. The average molecular weight is 454 g/mol. The second-order valence-corrected chi connectivity index (χ2v) is 7.57. The Labute approximate surface area is 140 Å². The third-order valence-corrected chi connectivity index (χ3v) is 4.56. The van der Waals surface area contributed by atoms with Crippen molar-refractivity contribution in [2.24, 2.45) is 0 Å². The maximum absolute atomic E-state index is 12.7. The van der Waals surface area contributed by atoms with Crippen molar-refractivity contribution in [3.63, 3.8) is 0 Å². The first kappa shape index (κ1) is 16.2. The molecule has 1 fully saturated rings. The third-order valence-electron chi connectivity index (χ3n) is 3.13. The summed E-state index contributed by atoms with van der Waals surface area (Å²) in [6, 6.07) is 5.66. The number of aliphatic hydroxyl groups excluding tert-OH is 1. The number of hydrogen-bond donors (Lipinski definition) is 1. The van der Waals surface area contributed by atoms with Crippen molar-refractivity contribution < 1.29 is 14.6 Å². The van der Waals surface area contributed by atoms with Crippen molar-refractivity contribution in [1.29, 1.82) is 0 Å². The van der Waals surface area contributed by atoms with Gasteiger partial charge in [-0.2, -0.15) is 0 Å². The van der Waals surface area contributed by atoms with Crippen molar-refractivity contribution in [1.82, 2.24) is 4.90 Å². The Balaban J connectivity index is 2.25. The van der Waals surface area contributed by atoms with Gasteiger partial charge in [0.25, 0.3) is 5.91 Å². The highest BCUT2D eigenvalue weighted by Crippen LogP contribution is 2.25. The molecule has 1 N–H and O–H groups in total. The Morgan fingerprint density at radius 3 is 2.95 bits per heavy atom. The first-order chi connectivity index (χ1) is 9.32. The van der Waals surface area contributed by atoms with Crippen molar-refractivity contribution in [3.05, 3.63) is 31.8 Å². The molecule has 0 spiro atoms. The molecular formula is C14H17BrINO3. The van der Waals surface area contributed by atoms with Crippen LogP contribution in [0.1, 0.15) is 24.2 Å². The van der Waals surface area contributed by atoms with Crippen molar-refractivity contribution in [2.45, 2.75) is 25.6 Å². The van der Waals surface area contributed by atoms with E-state index in [0.717, 1.165) is 8.04 Å². The standard InChI is InChI=1S/C14H17BrINO3/c1-14(2)8-17(6-10(7-18)20-14)13(19)11-5-9(15)3-4-12(11)16/h3-5,10,18H,6-8H2,1-2H3. The molecule has 2 rings (SSSR count). The zero-order valence-electron chi connectivity index (χ0n) is 11.4. The number of hydrogen-bond acceptors (Lipinski definition) is 3. The number of rotatable bonds is 2. The summed E-state index contributed by atoms with van der Waals surface area (Å²) in [7, 11) is 0. The van der Waals surface area contributed by atoms with Crippen LogP contribution < -0.4 is 0 Å². The molecule has 1 heterocycles. The first-order valence-electron chi connectivity index (χ1n) is 6.35. The number of nitrogens with zero attached hydrogens (tertiary/aromatic N) is 1. The zero-order valence-corrected chi connectivity index (χ0v) is 15.1. The Morgan fingerprint density at radius 1 is 1.60 bits per heavy atom. The van der Waals surface area contributed by atoms with Crippen LogP contribution >= 0.6 is 38.5 Å². The lowest BCUT2D eigenvalue weighted by Crippen LogP contribution is -2.55. The fraction of sp³-hybridized carbons (Fsp3) is 0.500. The Morgan fingerprint density at radius 2 is 2.30 bits per heavy atom. The molecule has 0 bridgehead atoms. The van der Waals surface area contributed by atoms with Gasteiger partial charge in [0.1, 0.15) is 0 Å². The SMILES string of the molecule is CC1(C)CN(C(=O)c2cc(Br)ccc2I)CC(CO)O1. The van der Waals surface area contributed by atoms with Gasteiger partial charge < -0.3 is 14.7 Å². The maximum Gasteiger partial charge on any atom is 0.255 e. The minimum atomic E-state index is -0.446. The number of aliphatic hydroxyl groups is 1. The van der Waals surface area contributed by atoms with E-state index in [1.54, 1.807) is 4.90 Å². The van der Waals surface area contributed by atoms with E-state index in [0.29, 0.717) is 18.7 Å². The highest BCUT2D eigenvalue weighted by atomic mass is 127. The van der Waals surface area contributed by atoms with Crippen LogP contribution in [0.3, 0.4) is 0 Å². The van der Waals surface area contributed by atoms with Gasteiger partial charge in [-0.15, -0.1) is 0 Å². The molecule has 1 amide bonds.